The van der Waals surface area contributed by atoms with Crippen LogP contribution in [0.25, 0.3) is 11.5 Å². The highest BCUT2D eigenvalue weighted by molar-refractivity contribution is 8.00. The fourth-order valence-corrected chi connectivity index (χ4v) is 3.61. The van der Waals surface area contributed by atoms with Gasteiger partial charge in [0, 0.05) is 10.5 Å². The number of nitrogens with one attached hydrogen (secondary N) is 1. The van der Waals surface area contributed by atoms with Crippen molar-refractivity contribution >= 4 is 35.1 Å². The SMILES string of the molecule is Cc1ccc(-c2nnc(SCC(=O)Nc3ccccc3SCC#N)o2)cc1C. The zero-order chi connectivity index (χ0) is 19.9. The average Bonchev–Trinajstić information content (AvgIpc) is 3.17. The molecule has 0 atom stereocenters. The van der Waals surface area contributed by atoms with Crippen molar-refractivity contribution in [3.8, 4) is 17.5 Å². The minimum atomic E-state index is -0.180. The fourth-order valence-electron chi connectivity index (χ4n) is 2.38. The number of hydrogen-bond donors (Lipinski definition) is 1. The molecule has 0 aliphatic rings. The number of aromatic nitrogens is 2. The predicted molar refractivity (Wildman–Crippen MR) is 111 cm³/mol. The third-order valence-electron chi connectivity index (χ3n) is 3.94. The average molecular weight is 411 g/mol. The van der Waals surface area contributed by atoms with E-state index in [1.165, 1.54) is 29.1 Å². The second-order valence-electron chi connectivity index (χ2n) is 5.95. The van der Waals surface area contributed by atoms with Crippen molar-refractivity contribution in [2.75, 3.05) is 16.8 Å². The second-order valence-corrected chi connectivity index (χ2v) is 7.90. The Bertz CT molecular complexity index is 1030. The number of carbonyl (C=O) groups is 1. The van der Waals surface area contributed by atoms with E-state index in [0.717, 1.165) is 16.0 Å². The quantitative estimate of drug-likeness (QED) is 0.564. The van der Waals surface area contributed by atoms with Gasteiger partial charge in [-0.15, -0.1) is 22.0 Å². The van der Waals surface area contributed by atoms with Gasteiger partial charge in [0.1, 0.15) is 0 Å². The van der Waals surface area contributed by atoms with E-state index >= 15 is 0 Å². The monoisotopic (exact) mass is 410 g/mol. The summed E-state index contributed by atoms with van der Waals surface area (Å²) < 4.78 is 5.66. The van der Waals surface area contributed by atoms with Crippen molar-refractivity contribution in [1.82, 2.24) is 10.2 Å². The van der Waals surface area contributed by atoms with E-state index < -0.39 is 0 Å². The summed E-state index contributed by atoms with van der Waals surface area (Å²) in [4.78, 5) is 13.1. The van der Waals surface area contributed by atoms with E-state index in [1.807, 2.05) is 56.3 Å². The third kappa shape index (κ3) is 5.15. The fraction of sp³-hybridized carbons (Fsp3) is 0.200. The van der Waals surface area contributed by atoms with Gasteiger partial charge in [-0.1, -0.05) is 30.0 Å². The lowest BCUT2D eigenvalue weighted by Crippen LogP contribution is -2.14. The van der Waals surface area contributed by atoms with Crippen LogP contribution in [-0.2, 0) is 4.79 Å². The van der Waals surface area contributed by atoms with E-state index in [2.05, 4.69) is 21.6 Å². The van der Waals surface area contributed by atoms with Crippen LogP contribution in [0.15, 0.2) is 57.0 Å². The maximum Gasteiger partial charge on any atom is 0.277 e. The zero-order valence-electron chi connectivity index (χ0n) is 15.4. The molecule has 0 aliphatic carbocycles. The Morgan fingerprint density at radius 2 is 1.96 bits per heavy atom. The van der Waals surface area contributed by atoms with Crippen LogP contribution in [0.1, 0.15) is 11.1 Å². The van der Waals surface area contributed by atoms with Crippen molar-refractivity contribution < 1.29 is 9.21 Å². The van der Waals surface area contributed by atoms with Crippen molar-refractivity contribution in [3.05, 3.63) is 53.6 Å². The smallest absolute Gasteiger partial charge is 0.277 e. The Hall–Kier alpha value is -2.76. The maximum absolute atomic E-state index is 12.3. The normalized spacial score (nSPS) is 10.5. The molecule has 0 bridgehead atoms. The van der Waals surface area contributed by atoms with E-state index in [1.54, 1.807) is 0 Å². The van der Waals surface area contributed by atoms with Gasteiger partial charge in [-0.2, -0.15) is 5.26 Å². The number of aryl methyl sites for hydroxylation is 2. The van der Waals surface area contributed by atoms with Crippen molar-refractivity contribution in [1.29, 1.82) is 5.26 Å². The molecule has 2 aromatic carbocycles. The minimum Gasteiger partial charge on any atom is -0.411 e. The number of benzene rings is 2. The first kappa shape index (κ1) is 20.0. The summed E-state index contributed by atoms with van der Waals surface area (Å²) in [5.74, 6) is 0.724. The highest BCUT2D eigenvalue weighted by Gasteiger charge is 2.13. The predicted octanol–water partition coefficient (Wildman–Crippen LogP) is 4.70. The summed E-state index contributed by atoms with van der Waals surface area (Å²) in [6, 6.07) is 15.4. The molecule has 1 amide bonds. The van der Waals surface area contributed by atoms with Gasteiger partial charge in [-0.05, 0) is 49.2 Å². The number of para-hydroxylation sites is 1. The number of rotatable bonds is 7. The van der Waals surface area contributed by atoms with Crippen LogP contribution < -0.4 is 5.32 Å². The van der Waals surface area contributed by atoms with Crippen LogP contribution in [0.3, 0.4) is 0 Å². The van der Waals surface area contributed by atoms with Crippen LogP contribution in [0, 0.1) is 25.2 Å². The second kappa shape index (κ2) is 9.44. The van der Waals surface area contributed by atoms with Gasteiger partial charge >= 0.3 is 0 Å². The van der Waals surface area contributed by atoms with Gasteiger partial charge in [0.25, 0.3) is 5.22 Å². The van der Waals surface area contributed by atoms with Gasteiger partial charge in [0.15, 0.2) is 0 Å². The number of nitrogens with zero attached hydrogens (tertiary/aromatic N) is 3. The Kier molecular flexibility index (Phi) is 6.74. The lowest BCUT2D eigenvalue weighted by atomic mass is 10.1. The number of nitriles is 1. The van der Waals surface area contributed by atoms with Crippen LogP contribution in [0.2, 0.25) is 0 Å². The Morgan fingerprint density at radius 1 is 1.14 bits per heavy atom. The molecule has 0 saturated carbocycles. The van der Waals surface area contributed by atoms with Crippen LogP contribution in [0.5, 0.6) is 0 Å². The molecule has 142 valence electrons. The van der Waals surface area contributed by atoms with Gasteiger partial charge in [0.2, 0.25) is 11.8 Å². The van der Waals surface area contributed by atoms with Crippen molar-refractivity contribution in [2.45, 2.75) is 24.0 Å². The highest BCUT2D eigenvalue weighted by atomic mass is 32.2. The standard InChI is InChI=1S/C20H18N4O2S2/c1-13-7-8-15(11-14(13)2)19-23-24-20(26-19)28-12-18(25)22-16-5-3-4-6-17(16)27-10-9-21/h3-8,11H,10,12H2,1-2H3,(H,22,25). The summed E-state index contributed by atoms with van der Waals surface area (Å²) in [5.41, 5.74) is 3.89. The minimum absolute atomic E-state index is 0.145. The number of amides is 1. The Morgan fingerprint density at radius 3 is 2.75 bits per heavy atom. The number of anilines is 1. The lowest BCUT2D eigenvalue weighted by molar-refractivity contribution is -0.113. The van der Waals surface area contributed by atoms with Crippen molar-refractivity contribution in [2.24, 2.45) is 0 Å². The van der Waals surface area contributed by atoms with E-state index in [0.29, 0.717) is 22.6 Å². The first-order valence-electron chi connectivity index (χ1n) is 8.49. The lowest BCUT2D eigenvalue weighted by Gasteiger charge is -2.08. The molecule has 8 heteroatoms. The Balaban J connectivity index is 1.59. The van der Waals surface area contributed by atoms with Crippen LogP contribution in [0.4, 0.5) is 5.69 Å². The molecule has 3 aromatic rings. The van der Waals surface area contributed by atoms with Gasteiger partial charge in [-0.3, -0.25) is 4.79 Å². The molecular formula is C20H18N4O2S2. The zero-order valence-corrected chi connectivity index (χ0v) is 17.1. The molecule has 1 heterocycles. The number of thioether (sulfide) groups is 2. The molecule has 0 saturated heterocycles. The summed E-state index contributed by atoms with van der Waals surface area (Å²) in [6.45, 7) is 4.08. The number of carbonyl (C=O) groups excluding carboxylic acids is 1. The van der Waals surface area contributed by atoms with E-state index in [9.17, 15) is 4.79 Å². The number of hydrogen-bond acceptors (Lipinski definition) is 7. The Labute approximate surface area is 171 Å². The molecule has 3 rings (SSSR count). The third-order valence-corrected chi connectivity index (χ3v) is 5.70. The summed E-state index contributed by atoms with van der Waals surface area (Å²) in [5, 5.41) is 20.0. The van der Waals surface area contributed by atoms with Crippen molar-refractivity contribution in [3.63, 3.8) is 0 Å². The summed E-state index contributed by atoms with van der Waals surface area (Å²) >= 11 is 2.57. The topological polar surface area (TPSA) is 91.8 Å². The van der Waals surface area contributed by atoms with Crippen LogP contribution in [-0.4, -0.2) is 27.6 Å². The summed E-state index contributed by atoms with van der Waals surface area (Å²) in [6.07, 6.45) is 0. The molecule has 0 aliphatic heterocycles. The van der Waals surface area contributed by atoms with E-state index in [4.69, 9.17) is 9.68 Å². The van der Waals surface area contributed by atoms with Gasteiger partial charge in [-0.25, -0.2) is 0 Å². The molecule has 0 radical (unpaired) electrons. The van der Waals surface area contributed by atoms with E-state index in [-0.39, 0.29) is 11.7 Å². The maximum atomic E-state index is 12.3. The molecule has 1 aromatic heterocycles. The highest BCUT2D eigenvalue weighted by Crippen LogP contribution is 2.28. The molecule has 28 heavy (non-hydrogen) atoms. The molecule has 6 nitrogen and oxygen atoms in total. The largest absolute Gasteiger partial charge is 0.411 e. The van der Waals surface area contributed by atoms with Gasteiger partial charge in [0.05, 0.1) is 23.3 Å². The first-order chi connectivity index (χ1) is 13.6. The van der Waals surface area contributed by atoms with Crippen LogP contribution >= 0.6 is 23.5 Å². The molecular weight excluding hydrogens is 392 g/mol. The first-order valence-corrected chi connectivity index (χ1v) is 10.5. The molecule has 1 N–H and O–H groups in total. The van der Waals surface area contributed by atoms with Gasteiger partial charge < -0.3 is 9.73 Å². The summed E-state index contributed by atoms with van der Waals surface area (Å²) in [7, 11) is 0. The molecule has 0 spiro atoms. The molecule has 0 fully saturated rings. The molecule has 0 unspecified atom stereocenters.